The fourth-order valence-electron chi connectivity index (χ4n) is 1.20. The Bertz CT molecular complexity index is 597. The van der Waals surface area contributed by atoms with Gasteiger partial charge in [0.25, 0.3) is 0 Å². The standard InChI is InChI=1S/C10H5Br3ClN3O/c11-7-8(12)16-17(9(7)13)10(18)15-6-3-1-5(14)2-4-6/h1-4H,(H,15,18). The highest BCUT2D eigenvalue weighted by atomic mass is 79.9. The van der Waals surface area contributed by atoms with Crippen LogP contribution in [0.5, 0.6) is 0 Å². The van der Waals surface area contributed by atoms with Crippen LogP contribution in [0.1, 0.15) is 0 Å². The summed E-state index contributed by atoms with van der Waals surface area (Å²) in [6.07, 6.45) is 0. The van der Waals surface area contributed by atoms with Crippen LogP contribution in [-0.2, 0) is 0 Å². The first-order chi connectivity index (χ1) is 8.49. The van der Waals surface area contributed by atoms with E-state index in [0.717, 1.165) is 0 Å². The lowest BCUT2D eigenvalue weighted by Crippen LogP contribution is -2.20. The maximum absolute atomic E-state index is 12.0. The summed E-state index contributed by atoms with van der Waals surface area (Å²) in [5, 5.41) is 7.33. The molecule has 94 valence electrons. The molecule has 4 nitrogen and oxygen atoms in total. The second-order valence-electron chi connectivity index (χ2n) is 3.24. The van der Waals surface area contributed by atoms with Crippen LogP contribution in [0.3, 0.4) is 0 Å². The summed E-state index contributed by atoms with van der Waals surface area (Å²) in [4.78, 5) is 12.0. The van der Waals surface area contributed by atoms with Crippen LogP contribution in [0.25, 0.3) is 0 Å². The van der Waals surface area contributed by atoms with E-state index in [1.807, 2.05) is 0 Å². The molecule has 0 fully saturated rings. The van der Waals surface area contributed by atoms with Gasteiger partial charge in [-0.3, -0.25) is 0 Å². The second-order valence-corrected chi connectivity index (χ2v) is 5.98. The molecule has 0 aliphatic rings. The molecule has 0 aliphatic heterocycles. The number of carbonyl (C=O) groups is 1. The molecule has 1 heterocycles. The van der Waals surface area contributed by atoms with Crippen molar-refractivity contribution in [2.45, 2.75) is 0 Å². The maximum atomic E-state index is 12.0. The molecule has 0 saturated heterocycles. The molecule has 1 amide bonds. The molecule has 0 bridgehead atoms. The first-order valence-corrected chi connectivity index (χ1v) is 7.41. The van der Waals surface area contributed by atoms with Crippen molar-refractivity contribution >= 4 is 71.1 Å². The lowest BCUT2D eigenvalue weighted by Gasteiger charge is -2.05. The minimum absolute atomic E-state index is 0.379. The third kappa shape index (κ3) is 2.96. The normalized spacial score (nSPS) is 10.4. The summed E-state index contributed by atoms with van der Waals surface area (Å²) in [7, 11) is 0. The number of hydrogen-bond donors (Lipinski definition) is 1. The van der Waals surface area contributed by atoms with Gasteiger partial charge < -0.3 is 5.32 Å². The van der Waals surface area contributed by atoms with Crippen molar-refractivity contribution in [3.8, 4) is 0 Å². The van der Waals surface area contributed by atoms with Crippen LogP contribution in [0.4, 0.5) is 10.5 Å². The Morgan fingerprint density at radius 2 is 1.83 bits per heavy atom. The van der Waals surface area contributed by atoms with Gasteiger partial charge in [0.1, 0.15) is 9.21 Å². The Morgan fingerprint density at radius 3 is 2.33 bits per heavy atom. The molecule has 0 unspecified atom stereocenters. The Labute approximate surface area is 133 Å². The van der Waals surface area contributed by atoms with Crippen LogP contribution in [0.15, 0.2) is 37.9 Å². The number of amides is 1. The fourth-order valence-corrected chi connectivity index (χ4v) is 2.61. The monoisotopic (exact) mass is 455 g/mol. The largest absolute Gasteiger partial charge is 0.347 e. The van der Waals surface area contributed by atoms with Gasteiger partial charge in [0.2, 0.25) is 0 Å². The number of aromatic nitrogens is 2. The molecule has 0 saturated carbocycles. The minimum atomic E-state index is -0.379. The lowest BCUT2D eigenvalue weighted by molar-refractivity contribution is 0.250. The van der Waals surface area contributed by atoms with Crippen molar-refractivity contribution < 1.29 is 4.79 Å². The van der Waals surface area contributed by atoms with E-state index in [9.17, 15) is 4.79 Å². The Kier molecular flexibility index (Phi) is 4.47. The summed E-state index contributed by atoms with van der Waals surface area (Å²) in [5.74, 6) is 0. The number of carbonyl (C=O) groups excluding carboxylic acids is 1. The molecule has 1 aromatic heterocycles. The van der Waals surface area contributed by atoms with Gasteiger partial charge in [0.05, 0.1) is 4.47 Å². The highest BCUT2D eigenvalue weighted by Crippen LogP contribution is 2.30. The molecule has 2 rings (SSSR count). The van der Waals surface area contributed by atoms with E-state index in [0.29, 0.717) is 24.4 Å². The third-order valence-electron chi connectivity index (χ3n) is 2.02. The Morgan fingerprint density at radius 1 is 1.22 bits per heavy atom. The molecule has 18 heavy (non-hydrogen) atoms. The summed E-state index contributed by atoms with van der Waals surface area (Å²) in [5.41, 5.74) is 0.638. The summed E-state index contributed by atoms with van der Waals surface area (Å²) >= 11 is 15.5. The van der Waals surface area contributed by atoms with Crippen LogP contribution in [-0.4, -0.2) is 15.8 Å². The van der Waals surface area contributed by atoms with Gasteiger partial charge in [-0.2, -0.15) is 9.78 Å². The minimum Gasteiger partial charge on any atom is -0.306 e. The van der Waals surface area contributed by atoms with Gasteiger partial charge in [-0.15, -0.1) is 0 Å². The number of nitrogens with one attached hydrogen (secondary N) is 1. The lowest BCUT2D eigenvalue weighted by atomic mass is 10.3. The van der Waals surface area contributed by atoms with Crippen molar-refractivity contribution in [3.63, 3.8) is 0 Å². The average Bonchev–Trinajstić information content (AvgIpc) is 2.60. The first-order valence-electron chi connectivity index (χ1n) is 4.65. The van der Waals surface area contributed by atoms with E-state index in [2.05, 4.69) is 58.2 Å². The van der Waals surface area contributed by atoms with Crippen molar-refractivity contribution in [2.24, 2.45) is 0 Å². The number of rotatable bonds is 1. The van der Waals surface area contributed by atoms with E-state index in [4.69, 9.17) is 11.6 Å². The van der Waals surface area contributed by atoms with Gasteiger partial charge in [0, 0.05) is 10.7 Å². The maximum Gasteiger partial charge on any atom is 0.347 e. The van der Waals surface area contributed by atoms with Gasteiger partial charge in [-0.05, 0) is 72.1 Å². The quantitative estimate of drug-likeness (QED) is 0.661. The number of hydrogen-bond acceptors (Lipinski definition) is 2. The van der Waals surface area contributed by atoms with Gasteiger partial charge >= 0.3 is 6.03 Å². The molecular formula is C10H5Br3ClN3O. The van der Waals surface area contributed by atoms with Crippen molar-refractivity contribution in [2.75, 3.05) is 5.32 Å². The van der Waals surface area contributed by atoms with Crippen molar-refractivity contribution in [1.29, 1.82) is 0 Å². The van der Waals surface area contributed by atoms with E-state index in [1.54, 1.807) is 24.3 Å². The topological polar surface area (TPSA) is 46.9 Å². The molecule has 0 radical (unpaired) electrons. The molecule has 1 N–H and O–H groups in total. The summed E-state index contributed by atoms with van der Waals surface area (Å²) < 4.78 is 2.94. The number of benzene rings is 1. The van der Waals surface area contributed by atoms with Gasteiger partial charge in [0.15, 0.2) is 0 Å². The molecular weight excluding hydrogens is 453 g/mol. The van der Waals surface area contributed by atoms with Crippen LogP contribution < -0.4 is 5.32 Å². The number of nitrogens with zero attached hydrogens (tertiary/aromatic N) is 2. The Balaban J connectivity index is 2.22. The predicted octanol–water partition coefficient (Wildman–Crippen LogP) is 4.90. The Hall–Kier alpha value is -0.370. The van der Waals surface area contributed by atoms with Crippen molar-refractivity contribution in [1.82, 2.24) is 9.78 Å². The summed E-state index contributed by atoms with van der Waals surface area (Å²) in [6, 6.07) is 6.43. The molecule has 0 aliphatic carbocycles. The highest BCUT2D eigenvalue weighted by Gasteiger charge is 2.16. The zero-order chi connectivity index (χ0) is 13.3. The zero-order valence-electron chi connectivity index (χ0n) is 8.62. The molecule has 0 atom stereocenters. The average molecular weight is 458 g/mol. The van der Waals surface area contributed by atoms with Gasteiger partial charge in [-0.25, -0.2) is 4.79 Å². The predicted molar refractivity (Wildman–Crippen MR) is 81.2 cm³/mol. The molecule has 2 aromatic rings. The van der Waals surface area contributed by atoms with E-state index < -0.39 is 0 Å². The fraction of sp³-hybridized carbons (Fsp3) is 0. The van der Waals surface area contributed by atoms with Crippen LogP contribution >= 0.6 is 59.4 Å². The van der Waals surface area contributed by atoms with E-state index in [1.165, 1.54) is 4.68 Å². The second kappa shape index (κ2) is 5.73. The van der Waals surface area contributed by atoms with Crippen molar-refractivity contribution in [3.05, 3.63) is 43.0 Å². The first kappa shape index (κ1) is 14.0. The number of halogens is 4. The highest BCUT2D eigenvalue weighted by molar-refractivity contribution is 9.14. The smallest absolute Gasteiger partial charge is 0.306 e. The zero-order valence-corrected chi connectivity index (χ0v) is 14.1. The number of anilines is 1. The molecule has 8 heteroatoms. The van der Waals surface area contributed by atoms with E-state index in [-0.39, 0.29) is 6.03 Å². The van der Waals surface area contributed by atoms with Crippen LogP contribution in [0.2, 0.25) is 5.02 Å². The van der Waals surface area contributed by atoms with Gasteiger partial charge in [-0.1, -0.05) is 11.6 Å². The van der Waals surface area contributed by atoms with E-state index >= 15 is 0 Å². The molecule has 0 spiro atoms. The SMILES string of the molecule is O=C(Nc1ccc(Cl)cc1)n1nc(Br)c(Br)c1Br. The van der Waals surface area contributed by atoms with Crippen LogP contribution in [0, 0.1) is 0 Å². The third-order valence-corrected chi connectivity index (χ3v) is 5.38. The molecule has 1 aromatic carbocycles. The summed E-state index contributed by atoms with van der Waals surface area (Å²) in [6.45, 7) is 0.